The lowest BCUT2D eigenvalue weighted by Crippen LogP contribution is -2.55. The van der Waals surface area contributed by atoms with E-state index in [9.17, 15) is 9.18 Å². The molecule has 0 unspecified atom stereocenters. The molecule has 2 aromatic heterocycles. The number of carbonyl (C=O) groups excluding carboxylic acids is 1. The first-order valence-corrected chi connectivity index (χ1v) is 9.49. The smallest absolute Gasteiger partial charge is 0.240 e. The van der Waals surface area contributed by atoms with Gasteiger partial charge in [-0.2, -0.15) is 9.97 Å². The Morgan fingerprint density at radius 2 is 2.03 bits per heavy atom. The van der Waals surface area contributed by atoms with Crippen molar-refractivity contribution in [1.82, 2.24) is 19.9 Å². The summed E-state index contributed by atoms with van der Waals surface area (Å²) >= 11 is 0. The van der Waals surface area contributed by atoms with Crippen LogP contribution >= 0.6 is 0 Å². The molecule has 1 saturated heterocycles. The molecule has 9 nitrogen and oxygen atoms in total. The molecule has 1 fully saturated rings. The van der Waals surface area contributed by atoms with Gasteiger partial charge >= 0.3 is 0 Å². The van der Waals surface area contributed by atoms with E-state index in [0.29, 0.717) is 36.4 Å². The molecule has 1 amide bonds. The van der Waals surface area contributed by atoms with Crippen molar-refractivity contribution in [2.45, 2.75) is 25.4 Å². The Bertz CT molecular complexity index is 1030. The van der Waals surface area contributed by atoms with Crippen molar-refractivity contribution in [3.8, 4) is 0 Å². The van der Waals surface area contributed by atoms with Crippen LogP contribution in [-0.2, 0) is 4.79 Å². The lowest BCUT2D eigenvalue weighted by molar-refractivity contribution is -0.120. The van der Waals surface area contributed by atoms with Crippen molar-refractivity contribution in [3.63, 3.8) is 0 Å². The van der Waals surface area contributed by atoms with Gasteiger partial charge in [0.05, 0.1) is 12.2 Å². The van der Waals surface area contributed by atoms with E-state index in [1.807, 2.05) is 11.8 Å². The standard InChI is InChI=1S/C20H21FN8O/c1-12(13-2-4-14(21)5-3-13)25-20-27-16(26-17-11-23-7-8-24-17)10-18(28-20)29-9-6-15(29)19(22)30/h2-5,7-8,10-12,15H,6,9H2,1H3,(H2,22,30)(H2,24,25,26,27,28)/t12-,15-/m0/s1. The lowest BCUT2D eigenvalue weighted by Gasteiger charge is -2.39. The Morgan fingerprint density at radius 1 is 1.23 bits per heavy atom. The Morgan fingerprint density at radius 3 is 2.67 bits per heavy atom. The van der Waals surface area contributed by atoms with E-state index < -0.39 is 11.9 Å². The zero-order chi connectivity index (χ0) is 21.1. The van der Waals surface area contributed by atoms with Crippen LogP contribution in [0.4, 0.5) is 27.8 Å². The number of primary amides is 1. The number of hydrogen-bond donors (Lipinski definition) is 3. The molecule has 0 bridgehead atoms. The molecule has 0 aliphatic carbocycles. The fraction of sp³-hybridized carbons (Fsp3) is 0.250. The predicted molar refractivity (Wildman–Crippen MR) is 111 cm³/mol. The highest BCUT2D eigenvalue weighted by atomic mass is 19.1. The minimum absolute atomic E-state index is 0.173. The van der Waals surface area contributed by atoms with Gasteiger partial charge in [-0.3, -0.25) is 9.78 Å². The molecule has 10 heteroatoms. The number of carbonyl (C=O) groups is 1. The van der Waals surface area contributed by atoms with Crippen LogP contribution in [0.5, 0.6) is 0 Å². The number of halogens is 1. The summed E-state index contributed by atoms with van der Waals surface area (Å²) in [6.45, 7) is 2.59. The molecule has 1 aromatic carbocycles. The van der Waals surface area contributed by atoms with Crippen LogP contribution in [0.1, 0.15) is 24.9 Å². The van der Waals surface area contributed by atoms with Gasteiger partial charge in [-0.15, -0.1) is 0 Å². The highest BCUT2D eigenvalue weighted by Crippen LogP contribution is 2.29. The van der Waals surface area contributed by atoms with Crippen LogP contribution < -0.4 is 21.3 Å². The van der Waals surface area contributed by atoms with E-state index in [1.54, 1.807) is 36.8 Å². The molecule has 1 aliphatic heterocycles. The van der Waals surface area contributed by atoms with Gasteiger partial charge in [0.1, 0.15) is 29.3 Å². The van der Waals surface area contributed by atoms with Gasteiger partial charge in [0.25, 0.3) is 0 Å². The van der Waals surface area contributed by atoms with Crippen LogP contribution in [0.25, 0.3) is 0 Å². The summed E-state index contributed by atoms with van der Waals surface area (Å²) < 4.78 is 13.2. The third-order valence-corrected chi connectivity index (χ3v) is 4.89. The molecule has 0 saturated carbocycles. The van der Waals surface area contributed by atoms with Crippen molar-refractivity contribution < 1.29 is 9.18 Å². The number of nitrogens with two attached hydrogens (primary N) is 1. The number of benzene rings is 1. The van der Waals surface area contributed by atoms with E-state index in [-0.39, 0.29) is 11.9 Å². The second-order valence-electron chi connectivity index (χ2n) is 6.97. The molecule has 3 heterocycles. The number of anilines is 4. The van der Waals surface area contributed by atoms with Gasteiger partial charge in [-0.05, 0) is 31.0 Å². The Labute approximate surface area is 172 Å². The van der Waals surface area contributed by atoms with Gasteiger partial charge in [-0.25, -0.2) is 9.37 Å². The lowest BCUT2D eigenvalue weighted by atomic mass is 10.0. The predicted octanol–water partition coefficient (Wildman–Crippen LogP) is 2.39. The Balaban J connectivity index is 1.62. The SMILES string of the molecule is C[C@H](Nc1nc(Nc2cnccn2)cc(N2CC[C@H]2C(N)=O)n1)c1ccc(F)cc1. The third-order valence-electron chi connectivity index (χ3n) is 4.89. The van der Waals surface area contributed by atoms with E-state index in [0.717, 1.165) is 5.56 Å². The van der Waals surface area contributed by atoms with Crippen molar-refractivity contribution in [2.24, 2.45) is 5.73 Å². The van der Waals surface area contributed by atoms with E-state index >= 15 is 0 Å². The van der Waals surface area contributed by atoms with Crippen molar-refractivity contribution >= 4 is 29.3 Å². The maximum absolute atomic E-state index is 13.2. The second-order valence-corrected chi connectivity index (χ2v) is 6.97. The average molecular weight is 408 g/mol. The van der Waals surface area contributed by atoms with E-state index in [1.165, 1.54) is 12.1 Å². The Hall–Kier alpha value is -3.82. The number of nitrogens with one attached hydrogen (secondary N) is 2. The van der Waals surface area contributed by atoms with Crippen LogP contribution in [-0.4, -0.2) is 38.4 Å². The highest BCUT2D eigenvalue weighted by molar-refractivity contribution is 5.85. The quantitative estimate of drug-likeness (QED) is 0.545. The van der Waals surface area contributed by atoms with E-state index in [4.69, 9.17) is 5.73 Å². The number of nitrogens with zero attached hydrogens (tertiary/aromatic N) is 5. The molecule has 2 atom stereocenters. The number of rotatable bonds is 7. The van der Waals surface area contributed by atoms with Crippen LogP contribution in [0.2, 0.25) is 0 Å². The van der Waals surface area contributed by atoms with Gasteiger partial charge < -0.3 is 21.3 Å². The van der Waals surface area contributed by atoms with Crippen molar-refractivity contribution in [3.05, 3.63) is 60.3 Å². The summed E-state index contributed by atoms with van der Waals surface area (Å²) in [4.78, 5) is 30.8. The van der Waals surface area contributed by atoms with Crippen LogP contribution in [0.3, 0.4) is 0 Å². The van der Waals surface area contributed by atoms with E-state index in [2.05, 4.69) is 30.6 Å². The average Bonchev–Trinajstić information content (AvgIpc) is 2.68. The topological polar surface area (TPSA) is 122 Å². The minimum atomic E-state index is -0.397. The third kappa shape index (κ3) is 4.27. The Kier molecular flexibility index (Phi) is 5.38. The molecule has 1 aliphatic rings. The van der Waals surface area contributed by atoms with Crippen molar-refractivity contribution in [1.29, 1.82) is 0 Å². The van der Waals surface area contributed by atoms with Crippen LogP contribution in [0, 0.1) is 5.82 Å². The highest BCUT2D eigenvalue weighted by Gasteiger charge is 2.34. The maximum atomic E-state index is 13.2. The number of hydrogen-bond acceptors (Lipinski definition) is 8. The molecule has 0 radical (unpaired) electrons. The number of amides is 1. The maximum Gasteiger partial charge on any atom is 0.240 e. The fourth-order valence-corrected chi connectivity index (χ4v) is 3.19. The first-order valence-electron chi connectivity index (χ1n) is 9.49. The first kappa shape index (κ1) is 19.5. The molecular formula is C20H21FN8O. The minimum Gasteiger partial charge on any atom is -0.368 e. The molecule has 0 spiro atoms. The number of aromatic nitrogens is 4. The monoisotopic (exact) mass is 408 g/mol. The normalized spacial score (nSPS) is 16.5. The molecule has 4 rings (SSSR count). The molecule has 154 valence electrons. The van der Waals surface area contributed by atoms with Gasteiger partial charge in [0.15, 0.2) is 0 Å². The van der Waals surface area contributed by atoms with Crippen molar-refractivity contribution in [2.75, 3.05) is 22.1 Å². The van der Waals surface area contributed by atoms with Crippen LogP contribution in [0.15, 0.2) is 48.9 Å². The van der Waals surface area contributed by atoms with Gasteiger partial charge in [0.2, 0.25) is 11.9 Å². The zero-order valence-electron chi connectivity index (χ0n) is 16.3. The molecule has 3 aromatic rings. The fourth-order valence-electron chi connectivity index (χ4n) is 3.19. The summed E-state index contributed by atoms with van der Waals surface area (Å²) in [5.41, 5.74) is 6.37. The van der Waals surface area contributed by atoms with Gasteiger partial charge in [-0.1, -0.05) is 12.1 Å². The van der Waals surface area contributed by atoms with Gasteiger partial charge in [0, 0.05) is 25.0 Å². The molecular weight excluding hydrogens is 387 g/mol. The first-order chi connectivity index (χ1) is 14.5. The molecule has 4 N–H and O–H groups in total. The summed E-state index contributed by atoms with van der Waals surface area (Å²) in [5.74, 6) is 1.25. The molecule has 30 heavy (non-hydrogen) atoms. The largest absolute Gasteiger partial charge is 0.368 e. The summed E-state index contributed by atoms with van der Waals surface area (Å²) in [7, 11) is 0. The summed E-state index contributed by atoms with van der Waals surface area (Å²) in [5, 5.41) is 6.32. The summed E-state index contributed by atoms with van der Waals surface area (Å²) in [6.07, 6.45) is 5.40. The second kappa shape index (κ2) is 8.27. The zero-order valence-corrected chi connectivity index (χ0v) is 16.3. The summed E-state index contributed by atoms with van der Waals surface area (Å²) in [6, 6.07) is 7.38.